The van der Waals surface area contributed by atoms with Crippen molar-refractivity contribution in [2.75, 3.05) is 7.05 Å². The summed E-state index contributed by atoms with van der Waals surface area (Å²) in [6.45, 7) is 9.28. The van der Waals surface area contributed by atoms with E-state index in [2.05, 4.69) is 0 Å². The van der Waals surface area contributed by atoms with Gasteiger partial charge in [-0.15, -0.1) is 4.65 Å². The topological polar surface area (TPSA) is 43.4 Å². The molecule has 0 atom stereocenters. The van der Waals surface area contributed by atoms with Crippen LogP contribution in [0.15, 0.2) is 0 Å². The summed E-state index contributed by atoms with van der Waals surface area (Å²) in [5, 5.41) is 0. The lowest BCUT2D eigenvalue weighted by Gasteiger charge is -2.54. The van der Waals surface area contributed by atoms with Crippen molar-refractivity contribution in [3.8, 4) is 0 Å². The number of hydroxylamine groups is 3. The van der Waals surface area contributed by atoms with Crippen LogP contribution in [-0.2, 0) is 14.4 Å². The minimum absolute atomic E-state index is 0.154. The van der Waals surface area contributed by atoms with Crippen LogP contribution >= 0.6 is 0 Å². The van der Waals surface area contributed by atoms with E-state index >= 15 is 0 Å². The van der Waals surface area contributed by atoms with E-state index in [9.17, 15) is 9.59 Å². The zero-order valence-corrected chi connectivity index (χ0v) is 11.1. The van der Waals surface area contributed by atoms with Crippen LogP contribution in [0.5, 0.6) is 0 Å². The number of carbonyl (C=O) groups excluding carboxylic acids is 2. The quantitative estimate of drug-likeness (QED) is 0.643. The third-order valence-electron chi connectivity index (χ3n) is 3.88. The molecule has 0 N–H and O–H groups in total. The van der Waals surface area contributed by atoms with Crippen LogP contribution in [0, 0.1) is 0 Å². The van der Waals surface area contributed by atoms with Crippen LogP contribution in [0.4, 0.5) is 0 Å². The molecule has 0 saturated carbocycles. The second-order valence-corrected chi connectivity index (χ2v) is 6.02. The summed E-state index contributed by atoms with van der Waals surface area (Å²) < 4.78 is 0.154. The summed E-state index contributed by atoms with van der Waals surface area (Å²) in [4.78, 5) is 28.5. The third kappa shape index (κ3) is 1.86. The maximum Gasteiger partial charge on any atom is 0.363 e. The van der Waals surface area contributed by atoms with Gasteiger partial charge in [0, 0.05) is 6.92 Å². The van der Waals surface area contributed by atoms with Gasteiger partial charge >= 0.3 is 5.97 Å². The molecule has 0 bridgehead atoms. The van der Waals surface area contributed by atoms with Crippen molar-refractivity contribution in [2.45, 2.75) is 58.5 Å². The first-order chi connectivity index (χ1) is 7.02. The van der Waals surface area contributed by atoms with Gasteiger partial charge in [0.05, 0.1) is 12.8 Å². The van der Waals surface area contributed by atoms with Crippen molar-refractivity contribution in [2.24, 2.45) is 0 Å². The lowest BCUT2D eigenvalue weighted by molar-refractivity contribution is -1.14. The molecule has 1 aliphatic heterocycles. The Labute approximate surface area is 97.1 Å². The van der Waals surface area contributed by atoms with E-state index in [0.29, 0.717) is 12.8 Å². The van der Waals surface area contributed by atoms with Crippen LogP contribution in [0.25, 0.3) is 0 Å². The second kappa shape index (κ2) is 3.55. The Hall–Kier alpha value is -0.900. The minimum atomic E-state index is -0.384. The van der Waals surface area contributed by atoms with E-state index in [1.165, 1.54) is 6.92 Å². The molecular weight excluding hydrogens is 206 g/mol. The van der Waals surface area contributed by atoms with Crippen LogP contribution < -0.4 is 0 Å². The molecule has 0 amide bonds. The van der Waals surface area contributed by atoms with Crippen molar-refractivity contribution in [1.82, 2.24) is 0 Å². The normalized spacial score (nSPS) is 26.2. The first-order valence-electron chi connectivity index (χ1n) is 5.60. The molecule has 1 heterocycles. The van der Waals surface area contributed by atoms with Crippen LogP contribution in [0.3, 0.4) is 0 Å². The molecular formula is C12H22NO3+. The van der Waals surface area contributed by atoms with Crippen LogP contribution in [0.2, 0.25) is 0 Å². The number of piperidine rings is 1. The van der Waals surface area contributed by atoms with E-state index in [-0.39, 0.29) is 27.5 Å². The molecule has 4 nitrogen and oxygen atoms in total. The van der Waals surface area contributed by atoms with Gasteiger partial charge in [-0.3, -0.25) is 9.63 Å². The molecule has 0 unspecified atom stereocenters. The smallest absolute Gasteiger partial charge is 0.299 e. The standard InChI is InChI=1S/C12H22NO3/c1-9(14)16-13(6)11(2,3)7-10(15)8-12(13,4)5/h7-8H2,1-6H3/q+1. The van der Waals surface area contributed by atoms with Gasteiger partial charge in [0.2, 0.25) is 0 Å². The van der Waals surface area contributed by atoms with Gasteiger partial charge in [-0.05, 0) is 27.7 Å². The molecule has 1 aliphatic rings. The number of hydrogen-bond acceptors (Lipinski definition) is 3. The minimum Gasteiger partial charge on any atom is -0.299 e. The van der Waals surface area contributed by atoms with Crippen molar-refractivity contribution in [3.05, 3.63) is 0 Å². The van der Waals surface area contributed by atoms with E-state index in [0.717, 1.165) is 0 Å². The number of ketones is 1. The largest absolute Gasteiger partial charge is 0.363 e. The van der Waals surface area contributed by atoms with E-state index < -0.39 is 0 Å². The fourth-order valence-electron chi connectivity index (χ4n) is 2.65. The van der Waals surface area contributed by atoms with Gasteiger partial charge in [0.25, 0.3) is 0 Å². The second-order valence-electron chi connectivity index (χ2n) is 6.02. The fraction of sp³-hybridized carbons (Fsp3) is 0.833. The van der Waals surface area contributed by atoms with Gasteiger partial charge in [0.15, 0.2) is 0 Å². The zero-order valence-electron chi connectivity index (χ0n) is 11.1. The maximum atomic E-state index is 11.7. The number of nitrogens with zero attached hydrogens (tertiary/aromatic N) is 1. The molecule has 0 aromatic heterocycles. The highest BCUT2D eigenvalue weighted by Gasteiger charge is 2.60. The van der Waals surface area contributed by atoms with Crippen molar-refractivity contribution in [1.29, 1.82) is 0 Å². The summed E-state index contributed by atoms with van der Waals surface area (Å²) in [5.74, 6) is -0.0734. The average molecular weight is 228 g/mol. The third-order valence-corrected chi connectivity index (χ3v) is 3.88. The van der Waals surface area contributed by atoms with E-state index in [4.69, 9.17) is 4.84 Å². The fourth-order valence-corrected chi connectivity index (χ4v) is 2.65. The summed E-state index contributed by atoms with van der Waals surface area (Å²) >= 11 is 0. The van der Waals surface area contributed by atoms with Crippen molar-refractivity contribution >= 4 is 11.8 Å². The molecule has 16 heavy (non-hydrogen) atoms. The summed E-state index contributed by atoms with van der Waals surface area (Å²) in [6.07, 6.45) is 0.889. The molecule has 0 spiro atoms. The number of quaternary nitrogens is 1. The van der Waals surface area contributed by atoms with Gasteiger partial charge in [0.1, 0.15) is 23.9 Å². The molecule has 92 valence electrons. The SMILES string of the molecule is CC(=O)O[N+]1(C)C(C)(C)CC(=O)CC1(C)C. The molecule has 0 aromatic rings. The summed E-state index contributed by atoms with van der Waals surface area (Å²) in [5.41, 5.74) is -0.769. The number of likely N-dealkylation sites (tertiary alicyclic amines) is 1. The Morgan fingerprint density at radius 3 is 1.88 bits per heavy atom. The van der Waals surface area contributed by atoms with Gasteiger partial charge in [-0.2, -0.15) is 0 Å². The Balaban J connectivity index is 3.19. The summed E-state index contributed by atoms with van der Waals surface area (Å²) in [6, 6.07) is 0. The molecule has 1 saturated heterocycles. The number of rotatable bonds is 1. The van der Waals surface area contributed by atoms with Crippen molar-refractivity contribution in [3.63, 3.8) is 0 Å². The molecule has 4 heteroatoms. The van der Waals surface area contributed by atoms with Crippen molar-refractivity contribution < 1.29 is 19.1 Å². The highest BCUT2D eigenvalue weighted by atomic mass is 16.8. The van der Waals surface area contributed by atoms with E-state index in [1.54, 1.807) is 0 Å². The Morgan fingerprint density at radius 2 is 1.56 bits per heavy atom. The highest BCUT2D eigenvalue weighted by Crippen LogP contribution is 2.43. The Kier molecular flexibility index (Phi) is 2.92. The van der Waals surface area contributed by atoms with Gasteiger partial charge in [-0.1, -0.05) is 0 Å². The Bertz CT molecular complexity index is 311. The number of hydrogen-bond donors (Lipinski definition) is 0. The molecule has 0 radical (unpaired) electrons. The van der Waals surface area contributed by atoms with Crippen LogP contribution in [-0.4, -0.2) is 34.5 Å². The predicted octanol–water partition coefficient (Wildman–Crippen LogP) is 1.83. The monoisotopic (exact) mass is 228 g/mol. The zero-order chi connectivity index (χ0) is 12.8. The first kappa shape index (κ1) is 13.2. The Morgan fingerprint density at radius 1 is 1.19 bits per heavy atom. The first-order valence-corrected chi connectivity index (χ1v) is 5.60. The molecule has 1 rings (SSSR count). The molecule has 0 aromatic carbocycles. The average Bonchev–Trinajstić information content (AvgIpc) is 1.96. The van der Waals surface area contributed by atoms with Crippen LogP contribution in [0.1, 0.15) is 47.5 Å². The van der Waals surface area contributed by atoms with Gasteiger partial charge < -0.3 is 0 Å². The molecule has 0 aliphatic carbocycles. The van der Waals surface area contributed by atoms with Gasteiger partial charge in [-0.25, -0.2) is 4.79 Å². The number of Topliss-reactive ketones (excluding diaryl/α,β-unsaturated/α-hetero) is 1. The highest BCUT2D eigenvalue weighted by molar-refractivity contribution is 5.81. The lowest BCUT2D eigenvalue weighted by Crippen LogP contribution is -2.72. The molecule has 1 fully saturated rings. The maximum absolute atomic E-state index is 11.7. The lowest BCUT2D eigenvalue weighted by atomic mass is 9.79. The van der Waals surface area contributed by atoms with E-state index in [1.807, 2.05) is 34.7 Å². The summed E-state index contributed by atoms with van der Waals surface area (Å²) in [7, 11) is 1.88. The predicted molar refractivity (Wildman–Crippen MR) is 60.3 cm³/mol. The number of carbonyl (C=O) groups is 2.